The summed E-state index contributed by atoms with van der Waals surface area (Å²) >= 11 is 5.25. The molecule has 0 aliphatic carbocycles. The van der Waals surface area contributed by atoms with Gasteiger partial charge in [-0.3, -0.25) is 0 Å². The fraction of sp³-hybridized carbons (Fsp3) is 0.0526. The van der Waals surface area contributed by atoms with Gasteiger partial charge in [0.25, 0.3) is 0 Å². The first kappa shape index (κ1) is 29.3. The summed E-state index contributed by atoms with van der Waals surface area (Å²) in [4.78, 5) is 1.80. The van der Waals surface area contributed by atoms with Crippen LogP contribution < -0.4 is 31.8 Å². The van der Waals surface area contributed by atoms with Crippen LogP contribution in [-0.4, -0.2) is 0 Å². The van der Waals surface area contributed by atoms with E-state index in [1.807, 2.05) is 140 Å². The number of aryl methyl sites for hydroxylation is 2. The number of hydrogen-bond acceptors (Lipinski definition) is 3. The summed E-state index contributed by atoms with van der Waals surface area (Å²) in [6, 6.07) is 50.1. The van der Waals surface area contributed by atoms with E-state index in [9.17, 15) is 0 Å². The Balaban J connectivity index is 1.59. The summed E-state index contributed by atoms with van der Waals surface area (Å²) in [5.41, 5.74) is 2.06. The average molecular weight is 692 g/mol. The van der Waals surface area contributed by atoms with Crippen LogP contribution in [0.15, 0.2) is 166 Å². The van der Waals surface area contributed by atoms with Crippen molar-refractivity contribution in [3.8, 4) is 0 Å². The zero-order valence-corrected chi connectivity index (χ0v) is 28.0. The van der Waals surface area contributed by atoms with E-state index in [0.717, 1.165) is 57.2 Å². The SMILES string of the molecule is O=P1(c2ccccc2)c2ccccc2CCc2cc(Br)ccc2P(=O)(c2ccccc2)c2ccccc2Sc2ccccc21. The Morgan fingerprint density at radius 1 is 0.455 bits per heavy atom. The summed E-state index contributed by atoms with van der Waals surface area (Å²) in [6.45, 7) is 0. The van der Waals surface area contributed by atoms with E-state index in [1.54, 1.807) is 11.8 Å². The highest BCUT2D eigenvalue weighted by molar-refractivity contribution is 9.10. The van der Waals surface area contributed by atoms with Crippen molar-refractivity contribution < 1.29 is 9.13 Å². The molecule has 2 atom stereocenters. The van der Waals surface area contributed by atoms with Crippen LogP contribution in [0.1, 0.15) is 11.1 Å². The first-order valence-corrected chi connectivity index (χ1v) is 19.6. The van der Waals surface area contributed by atoms with E-state index in [2.05, 4.69) is 28.1 Å². The van der Waals surface area contributed by atoms with Gasteiger partial charge in [-0.25, -0.2) is 0 Å². The summed E-state index contributed by atoms with van der Waals surface area (Å²) in [6.07, 6.45) is 1.30. The van der Waals surface area contributed by atoms with Crippen molar-refractivity contribution in [1.82, 2.24) is 0 Å². The Hall–Kier alpha value is -3.39. The van der Waals surface area contributed by atoms with Crippen molar-refractivity contribution >= 4 is 73.8 Å². The lowest BCUT2D eigenvalue weighted by Gasteiger charge is -2.25. The lowest BCUT2D eigenvalue weighted by atomic mass is 10.0. The van der Waals surface area contributed by atoms with Crippen LogP contribution in [0.25, 0.3) is 0 Å². The average Bonchev–Trinajstić information content (AvgIpc) is 3.08. The largest absolute Gasteiger partial charge is 0.309 e. The molecule has 1 aliphatic heterocycles. The summed E-state index contributed by atoms with van der Waals surface area (Å²) in [5.74, 6) is 0. The number of rotatable bonds is 2. The van der Waals surface area contributed by atoms with Crippen LogP contribution in [-0.2, 0) is 22.0 Å². The molecule has 0 saturated carbocycles. The third-order valence-electron chi connectivity index (χ3n) is 8.24. The second kappa shape index (κ2) is 12.2. The van der Waals surface area contributed by atoms with Crippen LogP contribution in [0.5, 0.6) is 0 Å². The fourth-order valence-corrected chi connectivity index (χ4v) is 14.4. The third-order valence-corrected chi connectivity index (χ3v) is 16.6. The number of halogens is 1. The Labute approximate surface area is 271 Å². The molecule has 0 amide bonds. The van der Waals surface area contributed by atoms with Crippen LogP contribution >= 0.6 is 42.0 Å². The molecule has 0 N–H and O–H groups in total. The lowest BCUT2D eigenvalue weighted by Crippen LogP contribution is -2.29. The Kier molecular flexibility index (Phi) is 8.12. The number of benzene rings is 6. The monoisotopic (exact) mass is 690 g/mol. The predicted molar refractivity (Wildman–Crippen MR) is 191 cm³/mol. The highest BCUT2D eigenvalue weighted by atomic mass is 79.9. The molecular formula is C38H29BrO2P2S. The Morgan fingerprint density at radius 3 is 1.45 bits per heavy atom. The van der Waals surface area contributed by atoms with Crippen molar-refractivity contribution in [3.63, 3.8) is 0 Å². The van der Waals surface area contributed by atoms with Gasteiger partial charge in [-0.05, 0) is 66.4 Å². The van der Waals surface area contributed by atoms with Crippen LogP contribution in [0, 0.1) is 0 Å². The zero-order valence-electron chi connectivity index (χ0n) is 23.8. The Morgan fingerprint density at radius 2 is 0.886 bits per heavy atom. The molecule has 0 fully saturated rings. The van der Waals surface area contributed by atoms with Gasteiger partial charge >= 0.3 is 0 Å². The minimum Gasteiger partial charge on any atom is -0.309 e. The third kappa shape index (κ3) is 5.09. The quantitative estimate of drug-likeness (QED) is 0.173. The maximum absolute atomic E-state index is 15.9. The maximum atomic E-state index is 15.9. The molecule has 2 nitrogen and oxygen atoms in total. The molecule has 0 bridgehead atoms. The van der Waals surface area contributed by atoms with E-state index < -0.39 is 14.3 Å². The first-order valence-electron chi connectivity index (χ1n) is 14.6. The molecule has 0 saturated heterocycles. The number of fused-ring (bicyclic) bond motifs is 4. The Bertz CT molecular complexity index is 2080. The molecule has 6 aromatic carbocycles. The normalized spacial score (nSPS) is 19.6. The maximum Gasteiger partial charge on any atom is 0.172 e. The van der Waals surface area contributed by atoms with Gasteiger partial charge < -0.3 is 9.13 Å². The van der Waals surface area contributed by atoms with E-state index in [0.29, 0.717) is 12.8 Å². The second-order valence-corrected chi connectivity index (χ2v) is 18.2. The van der Waals surface area contributed by atoms with Gasteiger partial charge in [0.05, 0.1) is 0 Å². The molecule has 0 aromatic heterocycles. The summed E-state index contributed by atoms with van der Waals surface area (Å²) < 4.78 is 32.8. The van der Waals surface area contributed by atoms with Gasteiger partial charge in [0.1, 0.15) is 0 Å². The number of hydrogen-bond donors (Lipinski definition) is 0. The highest BCUT2D eigenvalue weighted by Crippen LogP contribution is 2.50. The molecule has 6 heteroatoms. The van der Waals surface area contributed by atoms with E-state index in [4.69, 9.17) is 0 Å². The predicted octanol–water partition coefficient (Wildman–Crippen LogP) is 7.98. The molecule has 6 aromatic rings. The molecule has 7 rings (SSSR count). The fourth-order valence-electron chi connectivity index (χ4n) is 6.18. The van der Waals surface area contributed by atoms with Crippen molar-refractivity contribution in [3.05, 3.63) is 167 Å². The van der Waals surface area contributed by atoms with E-state index in [1.165, 1.54) is 0 Å². The minimum atomic E-state index is -3.33. The smallest absolute Gasteiger partial charge is 0.172 e. The van der Waals surface area contributed by atoms with E-state index >= 15 is 9.13 Å². The van der Waals surface area contributed by atoms with Crippen molar-refractivity contribution in [2.45, 2.75) is 22.6 Å². The summed E-state index contributed by atoms with van der Waals surface area (Å²) in [5, 5.41) is 4.90. The van der Waals surface area contributed by atoms with Crippen molar-refractivity contribution in [2.24, 2.45) is 0 Å². The standard InChI is InChI=1S/C38H29BrO2P2S/c39-30-25-26-34-29(27-30)24-23-28-13-7-8-18-33(28)42(40,31-14-3-1-4-15-31)35-19-9-11-21-37(35)44-38-22-12-10-20-36(38)43(34,41)32-16-5-2-6-17-32/h1-22,25-27H,23-24H2. The topological polar surface area (TPSA) is 34.1 Å². The van der Waals surface area contributed by atoms with Gasteiger partial charge in [-0.2, -0.15) is 0 Å². The van der Waals surface area contributed by atoms with Gasteiger partial charge in [0.2, 0.25) is 0 Å². The van der Waals surface area contributed by atoms with Gasteiger partial charge in [-0.15, -0.1) is 0 Å². The molecule has 2 unspecified atom stereocenters. The van der Waals surface area contributed by atoms with Gasteiger partial charge in [-0.1, -0.05) is 137 Å². The molecule has 0 radical (unpaired) electrons. The first-order chi connectivity index (χ1) is 21.5. The molecular weight excluding hydrogens is 662 g/mol. The van der Waals surface area contributed by atoms with Gasteiger partial charge in [0, 0.05) is 46.1 Å². The van der Waals surface area contributed by atoms with Crippen molar-refractivity contribution in [1.29, 1.82) is 0 Å². The van der Waals surface area contributed by atoms with Crippen LogP contribution in [0.2, 0.25) is 0 Å². The highest BCUT2D eigenvalue weighted by Gasteiger charge is 2.37. The summed E-state index contributed by atoms with van der Waals surface area (Å²) in [7, 11) is -6.64. The van der Waals surface area contributed by atoms with Crippen LogP contribution in [0.4, 0.5) is 0 Å². The lowest BCUT2D eigenvalue weighted by molar-refractivity contribution is 0.591. The molecule has 216 valence electrons. The minimum absolute atomic E-state index is 0.647. The van der Waals surface area contributed by atoms with Crippen molar-refractivity contribution in [2.75, 3.05) is 0 Å². The van der Waals surface area contributed by atoms with Gasteiger partial charge in [0.15, 0.2) is 14.3 Å². The van der Waals surface area contributed by atoms with Crippen LogP contribution in [0.3, 0.4) is 0 Å². The molecule has 1 aliphatic rings. The molecule has 1 heterocycles. The zero-order chi connectivity index (χ0) is 30.1. The molecule has 0 spiro atoms. The van der Waals surface area contributed by atoms with E-state index in [-0.39, 0.29) is 0 Å². The molecule has 44 heavy (non-hydrogen) atoms. The second-order valence-electron chi connectivity index (χ2n) is 10.8.